The Labute approximate surface area is 208 Å². The quantitative estimate of drug-likeness (QED) is 0.610. The summed E-state index contributed by atoms with van der Waals surface area (Å²) in [6, 6.07) is 13.6. The van der Waals surface area contributed by atoms with Crippen molar-refractivity contribution in [3.05, 3.63) is 54.1 Å². The Kier molecular flexibility index (Phi) is 7.79. The van der Waals surface area contributed by atoms with Crippen molar-refractivity contribution in [2.75, 3.05) is 42.2 Å². The van der Waals surface area contributed by atoms with Crippen molar-refractivity contribution >= 4 is 33.2 Å². The van der Waals surface area contributed by atoms with E-state index in [4.69, 9.17) is 4.74 Å². The highest BCUT2D eigenvalue weighted by atomic mass is 32.2. The van der Waals surface area contributed by atoms with Gasteiger partial charge in [0.25, 0.3) is 5.91 Å². The van der Waals surface area contributed by atoms with E-state index in [1.165, 1.54) is 12.1 Å². The van der Waals surface area contributed by atoms with Crippen LogP contribution < -0.4 is 9.80 Å². The monoisotopic (exact) mass is 501 g/mol. The molecule has 0 atom stereocenters. The minimum absolute atomic E-state index is 0.138. The van der Waals surface area contributed by atoms with E-state index in [2.05, 4.69) is 4.90 Å². The minimum atomic E-state index is -3.34. The first kappa shape index (κ1) is 26.5. The summed E-state index contributed by atoms with van der Waals surface area (Å²) in [6.45, 7) is 11.7. The van der Waals surface area contributed by atoms with Crippen molar-refractivity contribution in [1.82, 2.24) is 4.90 Å². The SMILES string of the molecule is CC(C)N(C(=O)c1ccc(S(C)(=O)=O)cc1)c1ccccc1N1CCN(C(=O)OC(C)(C)C)CC1. The maximum atomic E-state index is 13.5. The highest BCUT2D eigenvalue weighted by molar-refractivity contribution is 7.90. The first-order valence-electron chi connectivity index (χ1n) is 11.7. The van der Waals surface area contributed by atoms with E-state index in [1.807, 2.05) is 58.9 Å². The molecule has 2 aromatic rings. The fraction of sp³-hybridized carbons (Fsp3) is 0.462. The Hall–Kier alpha value is -3.07. The van der Waals surface area contributed by atoms with E-state index in [-0.39, 0.29) is 22.9 Å². The zero-order valence-corrected chi connectivity index (χ0v) is 22.1. The maximum absolute atomic E-state index is 13.5. The molecule has 0 aromatic heterocycles. The lowest BCUT2D eigenvalue weighted by Gasteiger charge is -2.39. The summed E-state index contributed by atoms with van der Waals surface area (Å²) in [7, 11) is -3.34. The van der Waals surface area contributed by atoms with Gasteiger partial charge in [-0.25, -0.2) is 13.2 Å². The molecule has 2 aromatic carbocycles. The van der Waals surface area contributed by atoms with E-state index in [9.17, 15) is 18.0 Å². The molecule has 1 saturated heterocycles. The molecule has 0 saturated carbocycles. The topological polar surface area (TPSA) is 87.2 Å². The van der Waals surface area contributed by atoms with Gasteiger partial charge in [-0.1, -0.05) is 12.1 Å². The number of anilines is 2. The van der Waals surface area contributed by atoms with Crippen LogP contribution in [-0.2, 0) is 14.6 Å². The molecule has 0 spiro atoms. The zero-order valence-electron chi connectivity index (χ0n) is 21.3. The highest BCUT2D eigenvalue weighted by Crippen LogP contribution is 2.33. The number of nitrogens with zero attached hydrogens (tertiary/aromatic N) is 3. The number of hydrogen-bond donors (Lipinski definition) is 0. The summed E-state index contributed by atoms with van der Waals surface area (Å²) in [6.07, 6.45) is 0.824. The first-order chi connectivity index (χ1) is 16.3. The Morgan fingerprint density at radius 1 is 0.943 bits per heavy atom. The molecule has 1 aliphatic rings. The second kappa shape index (κ2) is 10.3. The van der Waals surface area contributed by atoms with E-state index < -0.39 is 15.4 Å². The van der Waals surface area contributed by atoms with Crippen LogP contribution >= 0.6 is 0 Å². The molecule has 0 unspecified atom stereocenters. The first-order valence-corrected chi connectivity index (χ1v) is 13.6. The van der Waals surface area contributed by atoms with Crippen molar-refractivity contribution in [2.24, 2.45) is 0 Å². The summed E-state index contributed by atoms with van der Waals surface area (Å²) in [4.78, 5) is 31.8. The molecule has 0 radical (unpaired) electrons. The number of ether oxygens (including phenoxy) is 1. The summed E-state index contributed by atoms with van der Waals surface area (Å²) >= 11 is 0. The number of rotatable bonds is 5. The molecular weight excluding hydrogens is 466 g/mol. The number of carbonyl (C=O) groups excluding carboxylic acids is 2. The Morgan fingerprint density at radius 3 is 2.03 bits per heavy atom. The van der Waals surface area contributed by atoms with Crippen LogP contribution in [-0.4, -0.2) is 69.4 Å². The van der Waals surface area contributed by atoms with Crippen molar-refractivity contribution < 1.29 is 22.7 Å². The lowest BCUT2D eigenvalue weighted by molar-refractivity contribution is 0.0240. The third-order valence-corrected chi connectivity index (χ3v) is 6.81. The van der Waals surface area contributed by atoms with Gasteiger partial charge in [0.05, 0.1) is 16.3 Å². The van der Waals surface area contributed by atoms with Crippen molar-refractivity contribution in [3.63, 3.8) is 0 Å². The van der Waals surface area contributed by atoms with Crippen LogP contribution in [0.1, 0.15) is 45.0 Å². The van der Waals surface area contributed by atoms with Gasteiger partial charge in [0.2, 0.25) is 0 Å². The van der Waals surface area contributed by atoms with Gasteiger partial charge < -0.3 is 19.4 Å². The van der Waals surface area contributed by atoms with E-state index in [0.29, 0.717) is 31.7 Å². The van der Waals surface area contributed by atoms with Gasteiger partial charge in [0.15, 0.2) is 9.84 Å². The van der Waals surface area contributed by atoms with Gasteiger partial charge in [-0.2, -0.15) is 0 Å². The smallest absolute Gasteiger partial charge is 0.410 e. The van der Waals surface area contributed by atoms with Crippen molar-refractivity contribution in [2.45, 2.75) is 51.2 Å². The van der Waals surface area contributed by atoms with Gasteiger partial charge in [-0.3, -0.25) is 4.79 Å². The molecule has 1 heterocycles. The molecule has 35 heavy (non-hydrogen) atoms. The lowest BCUT2D eigenvalue weighted by atomic mass is 10.1. The Morgan fingerprint density at radius 2 is 1.51 bits per heavy atom. The van der Waals surface area contributed by atoms with Crippen LogP contribution in [0.5, 0.6) is 0 Å². The summed E-state index contributed by atoms with van der Waals surface area (Å²) in [5.41, 5.74) is 1.55. The van der Waals surface area contributed by atoms with Gasteiger partial charge in [0.1, 0.15) is 5.60 Å². The lowest BCUT2D eigenvalue weighted by Crippen LogP contribution is -2.50. The number of sulfone groups is 1. The van der Waals surface area contributed by atoms with Crippen LogP contribution in [0.3, 0.4) is 0 Å². The fourth-order valence-electron chi connectivity index (χ4n) is 4.00. The Balaban J connectivity index is 1.83. The third-order valence-electron chi connectivity index (χ3n) is 5.68. The van der Waals surface area contributed by atoms with Crippen LogP contribution in [0.15, 0.2) is 53.4 Å². The fourth-order valence-corrected chi connectivity index (χ4v) is 4.63. The molecule has 190 valence electrons. The van der Waals surface area contributed by atoms with Crippen molar-refractivity contribution in [1.29, 1.82) is 0 Å². The van der Waals surface area contributed by atoms with Crippen LogP contribution in [0, 0.1) is 0 Å². The van der Waals surface area contributed by atoms with Gasteiger partial charge >= 0.3 is 6.09 Å². The minimum Gasteiger partial charge on any atom is -0.444 e. The number of hydrogen-bond acceptors (Lipinski definition) is 6. The molecule has 1 aliphatic heterocycles. The molecule has 0 bridgehead atoms. The average molecular weight is 502 g/mol. The van der Waals surface area contributed by atoms with Gasteiger partial charge in [-0.15, -0.1) is 0 Å². The predicted molar refractivity (Wildman–Crippen MR) is 138 cm³/mol. The standard InChI is InChI=1S/C26H35N3O5S/c1-19(2)29(24(30)20-11-13-21(14-12-20)35(6,32)33)23-10-8-7-9-22(23)27-15-17-28(18-16-27)25(31)34-26(3,4)5/h7-14,19H,15-18H2,1-6H3. The van der Waals surface area contributed by atoms with Crippen LogP contribution in [0.4, 0.5) is 16.2 Å². The molecule has 8 nitrogen and oxygen atoms in total. The number of carbonyl (C=O) groups is 2. The molecule has 9 heteroatoms. The maximum Gasteiger partial charge on any atom is 0.410 e. The van der Waals surface area contributed by atoms with E-state index in [1.54, 1.807) is 21.9 Å². The summed E-state index contributed by atoms with van der Waals surface area (Å²) in [5.74, 6) is -0.208. The predicted octanol–water partition coefficient (Wildman–Crippen LogP) is 4.20. The number of piperazine rings is 1. The van der Waals surface area contributed by atoms with Gasteiger partial charge in [-0.05, 0) is 71.0 Å². The molecule has 1 fully saturated rings. The number of para-hydroxylation sites is 2. The summed E-state index contributed by atoms with van der Waals surface area (Å²) < 4.78 is 29.1. The second-order valence-corrected chi connectivity index (χ2v) is 12.0. The van der Waals surface area contributed by atoms with Crippen molar-refractivity contribution in [3.8, 4) is 0 Å². The molecule has 0 aliphatic carbocycles. The van der Waals surface area contributed by atoms with Crippen LogP contribution in [0.25, 0.3) is 0 Å². The van der Waals surface area contributed by atoms with Crippen LogP contribution in [0.2, 0.25) is 0 Å². The van der Waals surface area contributed by atoms with E-state index >= 15 is 0 Å². The average Bonchev–Trinajstić information content (AvgIpc) is 2.78. The number of amides is 2. The molecule has 2 amide bonds. The zero-order chi connectivity index (χ0) is 26.0. The summed E-state index contributed by atoms with van der Waals surface area (Å²) in [5, 5.41) is 0. The van der Waals surface area contributed by atoms with Gasteiger partial charge in [0, 0.05) is 44.0 Å². The molecule has 0 N–H and O–H groups in total. The molecular formula is C26H35N3O5S. The third kappa shape index (κ3) is 6.54. The normalized spacial score (nSPS) is 14.7. The number of benzene rings is 2. The van der Waals surface area contributed by atoms with E-state index in [0.717, 1.165) is 17.6 Å². The second-order valence-electron chi connectivity index (χ2n) is 10.0. The Bertz CT molecular complexity index is 1160. The molecule has 3 rings (SSSR count). The highest BCUT2D eigenvalue weighted by Gasteiger charge is 2.29. The largest absolute Gasteiger partial charge is 0.444 e.